The molecule has 0 amide bonds. The number of benzene rings is 1. The summed E-state index contributed by atoms with van der Waals surface area (Å²) >= 11 is 0. The summed E-state index contributed by atoms with van der Waals surface area (Å²) in [5, 5.41) is 10.8. The molecular formula is C18H27FIN5. The van der Waals surface area contributed by atoms with E-state index in [2.05, 4.69) is 20.7 Å². The quantitative estimate of drug-likeness (QED) is 0.276. The van der Waals surface area contributed by atoms with Gasteiger partial charge in [0.15, 0.2) is 5.96 Å². The van der Waals surface area contributed by atoms with Crippen molar-refractivity contribution in [3.8, 4) is 0 Å². The first-order chi connectivity index (χ1) is 11.7. The van der Waals surface area contributed by atoms with Crippen LogP contribution in [0.4, 0.5) is 4.39 Å². The second-order valence-corrected chi connectivity index (χ2v) is 5.70. The number of nitrogens with one attached hydrogen (secondary N) is 2. The van der Waals surface area contributed by atoms with Crippen LogP contribution in [0, 0.1) is 12.7 Å². The zero-order chi connectivity index (χ0) is 17.2. The Kier molecular flexibility index (Phi) is 10.1. The highest BCUT2D eigenvalue weighted by atomic mass is 127. The highest BCUT2D eigenvalue weighted by Crippen LogP contribution is 2.03. The number of hydrogen-bond donors (Lipinski definition) is 2. The van der Waals surface area contributed by atoms with Crippen LogP contribution >= 0.6 is 24.0 Å². The smallest absolute Gasteiger partial charge is 0.191 e. The second-order valence-electron chi connectivity index (χ2n) is 5.70. The Morgan fingerprint density at radius 1 is 1.32 bits per heavy atom. The second kappa shape index (κ2) is 11.8. The van der Waals surface area contributed by atoms with Crippen molar-refractivity contribution in [2.24, 2.45) is 4.99 Å². The Balaban J connectivity index is 0.00000312. The van der Waals surface area contributed by atoms with Gasteiger partial charge in [0.25, 0.3) is 0 Å². The van der Waals surface area contributed by atoms with E-state index in [1.807, 2.05) is 37.0 Å². The zero-order valence-electron chi connectivity index (χ0n) is 14.8. The highest BCUT2D eigenvalue weighted by Gasteiger charge is 1.99. The van der Waals surface area contributed by atoms with Crippen molar-refractivity contribution in [1.29, 1.82) is 0 Å². The molecule has 0 aliphatic carbocycles. The van der Waals surface area contributed by atoms with Crippen molar-refractivity contribution in [1.82, 2.24) is 20.4 Å². The van der Waals surface area contributed by atoms with E-state index >= 15 is 0 Å². The predicted molar refractivity (Wildman–Crippen MR) is 111 cm³/mol. The molecule has 138 valence electrons. The molecule has 1 aromatic heterocycles. The number of aryl methyl sites for hydroxylation is 2. The summed E-state index contributed by atoms with van der Waals surface area (Å²) < 4.78 is 15.1. The molecule has 0 aliphatic rings. The summed E-state index contributed by atoms with van der Waals surface area (Å²) in [6.07, 6.45) is 5.59. The number of guanidine groups is 1. The van der Waals surface area contributed by atoms with Gasteiger partial charge in [-0.15, -0.1) is 24.0 Å². The van der Waals surface area contributed by atoms with Gasteiger partial charge in [-0.3, -0.25) is 9.67 Å². The van der Waals surface area contributed by atoms with Crippen LogP contribution in [0.25, 0.3) is 0 Å². The molecule has 0 unspecified atom stereocenters. The molecule has 7 heteroatoms. The Morgan fingerprint density at radius 3 is 2.84 bits per heavy atom. The van der Waals surface area contributed by atoms with Crippen LogP contribution in [-0.4, -0.2) is 35.4 Å². The summed E-state index contributed by atoms with van der Waals surface area (Å²) in [7, 11) is 0. The van der Waals surface area contributed by atoms with Gasteiger partial charge in [-0.25, -0.2) is 4.39 Å². The van der Waals surface area contributed by atoms with E-state index in [1.165, 1.54) is 11.6 Å². The molecule has 0 fully saturated rings. The molecule has 0 atom stereocenters. The van der Waals surface area contributed by atoms with Crippen LogP contribution in [0.1, 0.15) is 24.5 Å². The molecule has 2 N–H and O–H groups in total. The van der Waals surface area contributed by atoms with Gasteiger partial charge in [0, 0.05) is 32.4 Å². The lowest BCUT2D eigenvalue weighted by molar-refractivity contribution is 0.583. The average Bonchev–Trinajstić information content (AvgIpc) is 2.97. The van der Waals surface area contributed by atoms with Gasteiger partial charge in [-0.2, -0.15) is 5.10 Å². The number of aliphatic imine (C=N–C) groups is 1. The van der Waals surface area contributed by atoms with Crippen LogP contribution in [0.2, 0.25) is 0 Å². The maximum Gasteiger partial charge on any atom is 0.191 e. The number of nitrogens with zero attached hydrogens (tertiary/aromatic N) is 3. The van der Waals surface area contributed by atoms with E-state index in [9.17, 15) is 4.39 Å². The Hall–Kier alpha value is -1.64. The molecule has 25 heavy (non-hydrogen) atoms. The summed E-state index contributed by atoms with van der Waals surface area (Å²) in [6.45, 7) is 7.19. The predicted octanol–water partition coefficient (Wildman–Crippen LogP) is 3.14. The van der Waals surface area contributed by atoms with Gasteiger partial charge in [0.2, 0.25) is 0 Å². The maximum atomic E-state index is 13.2. The van der Waals surface area contributed by atoms with Crippen molar-refractivity contribution in [3.63, 3.8) is 0 Å². The lowest BCUT2D eigenvalue weighted by atomic mass is 10.1. The fourth-order valence-electron chi connectivity index (χ4n) is 2.37. The number of halogens is 2. The minimum absolute atomic E-state index is 0. The minimum atomic E-state index is -0.193. The van der Waals surface area contributed by atoms with Crippen LogP contribution in [0.3, 0.4) is 0 Å². The summed E-state index contributed by atoms with van der Waals surface area (Å²) in [6, 6.07) is 6.70. The Labute approximate surface area is 166 Å². The maximum absolute atomic E-state index is 13.2. The van der Waals surface area contributed by atoms with Crippen LogP contribution in [0.5, 0.6) is 0 Å². The SMILES string of the molecule is CCNC(=NCCCn1cc(C)cn1)NCCc1cccc(F)c1.I. The van der Waals surface area contributed by atoms with Crippen LogP contribution in [0.15, 0.2) is 41.7 Å². The van der Waals surface area contributed by atoms with Crippen molar-refractivity contribution in [3.05, 3.63) is 53.6 Å². The minimum Gasteiger partial charge on any atom is -0.357 e. The topological polar surface area (TPSA) is 54.2 Å². The molecule has 0 saturated carbocycles. The molecule has 2 aromatic rings. The number of hydrogen-bond acceptors (Lipinski definition) is 2. The van der Waals surface area contributed by atoms with Crippen LogP contribution < -0.4 is 10.6 Å². The van der Waals surface area contributed by atoms with Gasteiger partial charge >= 0.3 is 0 Å². The molecule has 1 aromatic carbocycles. The monoisotopic (exact) mass is 459 g/mol. The third kappa shape index (κ3) is 8.33. The first-order valence-corrected chi connectivity index (χ1v) is 8.43. The van der Waals surface area contributed by atoms with Crippen LogP contribution in [-0.2, 0) is 13.0 Å². The fourth-order valence-corrected chi connectivity index (χ4v) is 2.37. The highest BCUT2D eigenvalue weighted by molar-refractivity contribution is 14.0. The summed E-state index contributed by atoms with van der Waals surface area (Å²) in [5.41, 5.74) is 2.15. The molecule has 0 bridgehead atoms. The van der Waals surface area contributed by atoms with E-state index in [1.54, 1.807) is 12.1 Å². The molecule has 1 heterocycles. The number of rotatable bonds is 8. The third-order valence-electron chi connectivity index (χ3n) is 3.52. The fraction of sp³-hybridized carbons (Fsp3) is 0.444. The van der Waals surface area contributed by atoms with E-state index < -0.39 is 0 Å². The Morgan fingerprint density at radius 2 is 2.16 bits per heavy atom. The molecule has 5 nitrogen and oxygen atoms in total. The lowest BCUT2D eigenvalue weighted by Gasteiger charge is -2.11. The third-order valence-corrected chi connectivity index (χ3v) is 3.52. The first-order valence-electron chi connectivity index (χ1n) is 8.43. The van der Waals surface area contributed by atoms with Crippen molar-refractivity contribution < 1.29 is 4.39 Å². The van der Waals surface area contributed by atoms with E-state index in [4.69, 9.17) is 0 Å². The standard InChI is InChI=1S/C18H26FN5.HI/c1-3-20-18(21-9-5-11-24-14-15(2)13-23-24)22-10-8-16-6-4-7-17(19)12-16;/h4,6-7,12-14H,3,5,8-11H2,1-2H3,(H2,20,21,22);1H. The van der Waals surface area contributed by atoms with Crippen molar-refractivity contribution in [2.75, 3.05) is 19.6 Å². The van der Waals surface area contributed by atoms with Crippen molar-refractivity contribution in [2.45, 2.75) is 33.2 Å². The van der Waals surface area contributed by atoms with Crippen molar-refractivity contribution >= 4 is 29.9 Å². The van der Waals surface area contributed by atoms with Gasteiger partial charge in [0.05, 0.1) is 6.20 Å². The average molecular weight is 459 g/mol. The molecule has 2 rings (SSSR count). The first kappa shape index (κ1) is 21.4. The Bertz CT molecular complexity index is 656. The normalized spacial score (nSPS) is 11.1. The molecule has 0 radical (unpaired) electrons. The van der Waals surface area contributed by atoms with Gasteiger partial charge in [0.1, 0.15) is 5.82 Å². The zero-order valence-corrected chi connectivity index (χ0v) is 17.2. The van der Waals surface area contributed by atoms with Gasteiger partial charge < -0.3 is 10.6 Å². The van der Waals surface area contributed by atoms with E-state index in [0.29, 0.717) is 6.54 Å². The van der Waals surface area contributed by atoms with Gasteiger partial charge in [-0.05, 0) is 49.9 Å². The molecule has 0 saturated heterocycles. The summed E-state index contributed by atoms with van der Waals surface area (Å²) in [5.74, 6) is 0.604. The lowest BCUT2D eigenvalue weighted by Crippen LogP contribution is -2.38. The molecule has 0 aliphatic heterocycles. The molecular weight excluding hydrogens is 432 g/mol. The molecule has 0 spiro atoms. The number of aromatic nitrogens is 2. The van der Waals surface area contributed by atoms with E-state index in [-0.39, 0.29) is 29.8 Å². The summed E-state index contributed by atoms with van der Waals surface area (Å²) in [4.78, 5) is 4.56. The van der Waals surface area contributed by atoms with E-state index in [0.717, 1.165) is 44.0 Å². The van der Waals surface area contributed by atoms with Gasteiger partial charge in [-0.1, -0.05) is 12.1 Å². The largest absolute Gasteiger partial charge is 0.357 e.